The van der Waals surface area contributed by atoms with Crippen LogP contribution in [-0.4, -0.2) is 191 Å². The van der Waals surface area contributed by atoms with Crippen molar-refractivity contribution in [2.24, 2.45) is 0 Å². The first-order valence-electron chi connectivity index (χ1n) is 49.8. The van der Waals surface area contributed by atoms with Gasteiger partial charge in [-0.05, 0) is 173 Å². The number of hydrogen-bond donors (Lipinski definition) is 8. The number of carboxylic acid groups (broad SMARTS) is 1. The SMILES string of the molecule is CC1(C)C(/C=C/C=C/C=C2/N(CCCOP(=O)(O)O[C@@H]3CCO[C@@H]3COP(=O)(O)O[C@@H]3C[C@H](n4cc(/C=C\C(=O)CCCNC(=O)c5ccc(C6=c7cc8c9c(c7Oc7c6cc6c%10c7CCCN%10CCC6)CCC[N+]=9CCC8)c(C(=O)O)c5)c(=O)[nH]c4=O)O[C@@H]3COP(=O)(O)OCCCCCNC(=O)CCC(=O)N3Cc4ccccc4C#Cc4ccccc43)c3ccccc3C2(C)C)=[N+](CCCO)c2ccccc21. The predicted octanol–water partition coefficient (Wildman–Crippen LogP) is 13.3. The third kappa shape index (κ3) is 22.6. The summed E-state index contributed by atoms with van der Waals surface area (Å²) in [5, 5.41) is 28.6. The lowest BCUT2D eigenvalue weighted by molar-refractivity contribution is -0.438. The molecule has 33 nitrogen and oxygen atoms in total. The molecule has 1 aromatic heterocycles. The van der Waals surface area contributed by atoms with E-state index >= 15 is 0 Å². The lowest BCUT2D eigenvalue weighted by Gasteiger charge is -2.39. The number of benzene rings is 7. The number of rotatable bonds is 41. The first-order valence-corrected chi connectivity index (χ1v) is 54.3. The Morgan fingerprint density at radius 1 is 0.646 bits per heavy atom. The molecule has 144 heavy (non-hydrogen) atoms. The maximum absolute atomic E-state index is 14.2. The van der Waals surface area contributed by atoms with Crippen molar-refractivity contribution in [3.05, 3.63) is 285 Å². The molecule has 0 aliphatic carbocycles. The number of aromatic nitrogens is 2. The summed E-state index contributed by atoms with van der Waals surface area (Å²) < 4.78 is 99.7. The lowest BCUT2D eigenvalue weighted by atomic mass is 9.81. The number of nitrogens with zero attached hydrogens (tertiary/aromatic N) is 6. The third-order valence-electron chi connectivity index (χ3n) is 28.6. The number of carbonyl (C=O) groups is 5. The van der Waals surface area contributed by atoms with E-state index in [9.17, 15) is 72.2 Å². The number of aliphatic hydroxyl groups excluding tert-OH is 1. The highest BCUT2D eigenvalue weighted by molar-refractivity contribution is 7.48. The van der Waals surface area contributed by atoms with E-state index in [2.05, 4.69) is 117 Å². The van der Waals surface area contributed by atoms with Crippen molar-refractivity contribution in [2.75, 3.05) is 107 Å². The standard InChI is InChI=1S/C108H120N9O24P3/c1-107(2)84-34-12-15-37-87(84)114(56-24-58-118)93(107)39-7-5-8-40-94-108(3,4)85-35-13-16-38-88(85)115(94)57-25-60-135-143(129,130)140-89-49-61-133-91(89)68-137-144(131,132)141-90-65-97(138-92(90)69-136-142(127,128)134-59-18-6-17-50-109-95(120)47-48-96(121)116-66-75-28-10-9-26-70(75)41-42-71-27-11-14-36-86(71)116)117-67-76(104(123)111-106(117)126)43-45-77(119)31-19-51-110-103(122)74-44-46-78(81(64-74)105(124)125)98-82-62-72-29-20-52-112-54-22-32-79(99(72)112)101(82)139-102-80-33-23-55-113-53-21-30-73(100(80)113)63-83(98)102/h5,7-16,26-28,34-40,43-46,62-64,67,89-92,97,118H,6,17-25,29-33,47-61,65-66,68-69H2,1-4H3,(H5-2,109,110,111,120,122,123,124,125,126,127,128,129,130,131,132)/p+2/b45-43-/t89-,90-,91-,92-,97-/m1/s1. The van der Waals surface area contributed by atoms with Crippen LogP contribution in [0.1, 0.15) is 218 Å². The summed E-state index contributed by atoms with van der Waals surface area (Å²) in [4.78, 5) is 138. The zero-order chi connectivity index (χ0) is 101. The molecule has 11 heterocycles. The Hall–Kier alpha value is -11.8. The normalized spacial score (nSPS) is 20.8. The van der Waals surface area contributed by atoms with Crippen LogP contribution in [0.25, 0.3) is 11.6 Å². The van der Waals surface area contributed by atoms with Gasteiger partial charge in [0.15, 0.2) is 18.0 Å². The minimum Gasteiger partial charge on any atom is -0.478 e. The van der Waals surface area contributed by atoms with Gasteiger partial charge in [0.1, 0.15) is 55.2 Å². The van der Waals surface area contributed by atoms with Crippen LogP contribution in [0.2, 0.25) is 0 Å². The van der Waals surface area contributed by atoms with Gasteiger partial charge in [-0.25, -0.2) is 27.9 Å². The first-order chi connectivity index (χ1) is 69.4. The van der Waals surface area contributed by atoms with Gasteiger partial charge in [-0.3, -0.25) is 60.7 Å². The average molecular weight is 2020 g/mol. The van der Waals surface area contributed by atoms with Crippen molar-refractivity contribution in [3.8, 4) is 23.3 Å². The number of anilines is 3. The fraction of sp³-hybridized carbons (Fsp3) is 0.417. The number of nitrogens with one attached hydrogen (secondary N) is 3. The van der Waals surface area contributed by atoms with Gasteiger partial charge < -0.3 is 64.4 Å². The van der Waals surface area contributed by atoms with Crippen molar-refractivity contribution >= 4 is 93.1 Å². The monoisotopic (exact) mass is 2020 g/mol. The van der Waals surface area contributed by atoms with E-state index in [0.717, 1.165) is 179 Å². The molecule has 18 rings (SSSR count). The molecule has 2 fully saturated rings. The Kier molecular flexibility index (Phi) is 31.4. The van der Waals surface area contributed by atoms with E-state index in [1.54, 1.807) is 17.0 Å². The average Bonchev–Trinajstić information content (AvgIpc) is 1.07. The number of H-pyrrole nitrogens is 1. The number of aliphatic hydroxyl groups is 1. The summed E-state index contributed by atoms with van der Waals surface area (Å²) >= 11 is 0. The number of unbranched alkanes of at least 4 members (excludes halogenated alkanes) is 2. The maximum Gasteiger partial charge on any atom is 0.472 e. The summed E-state index contributed by atoms with van der Waals surface area (Å²) in [6, 6.07) is 40.4. The molecule has 0 radical (unpaired) electrons. The molecular weight excluding hydrogens is 1900 g/mol. The summed E-state index contributed by atoms with van der Waals surface area (Å²) in [6.45, 7) is 11.9. The minimum absolute atomic E-state index is 0.0126. The van der Waals surface area contributed by atoms with Crippen molar-refractivity contribution in [1.82, 2.24) is 24.8 Å². The number of carboxylic acids is 1. The molecule has 10 aliphatic heterocycles. The highest BCUT2D eigenvalue weighted by Crippen LogP contribution is 2.55. The van der Waals surface area contributed by atoms with Crippen molar-refractivity contribution < 1.29 is 108 Å². The number of phosphoric ester groups is 3. The molecule has 0 saturated carbocycles. The van der Waals surface area contributed by atoms with Crippen LogP contribution in [0.15, 0.2) is 185 Å². The Morgan fingerprint density at radius 3 is 2.17 bits per heavy atom. The number of fused-ring (bicyclic) bond motifs is 8. The Bertz CT molecular complexity index is 7020. The fourth-order valence-corrected chi connectivity index (χ4v) is 24.3. The van der Waals surface area contributed by atoms with E-state index in [1.807, 2.05) is 97.1 Å². The molecule has 756 valence electrons. The molecule has 0 bridgehead atoms. The van der Waals surface area contributed by atoms with Crippen LogP contribution < -0.4 is 56.5 Å². The number of amides is 3. The molecular formula is C108H122N9O24P3+2. The van der Waals surface area contributed by atoms with E-state index in [4.69, 9.17) is 41.4 Å². The topological polar surface area (TPSA) is 415 Å². The lowest BCUT2D eigenvalue weighted by Crippen LogP contribution is -2.45. The number of allylic oxidation sites excluding steroid dienone is 7. The van der Waals surface area contributed by atoms with Gasteiger partial charge in [-0.15, -0.1) is 0 Å². The van der Waals surface area contributed by atoms with Crippen molar-refractivity contribution in [1.29, 1.82) is 0 Å². The first kappa shape index (κ1) is 102. The van der Waals surface area contributed by atoms with E-state index in [1.165, 1.54) is 33.8 Å². The molecule has 3 amide bonds. The van der Waals surface area contributed by atoms with Crippen molar-refractivity contribution in [2.45, 2.75) is 198 Å². The summed E-state index contributed by atoms with van der Waals surface area (Å²) in [5.41, 5.74) is 14.6. The zero-order valence-corrected chi connectivity index (χ0v) is 83.9. The summed E-state index contributed by atoms with van der Waals surface area (Å²) in [7, 11) is -15.2. The zero-order valence-electron chi connectivity index (χ0n) is 81.2. The number of aromatic carboxylic acids is 1. The number of para-hydroxylation sites is 3. The molecule has 2 saturated heterocycles. The number of hydrogen-bond acceptors (Lipinski definition) is 22. The Balaban J connectivity index is 0.500. The van der Waals surface area contributed by atoms with Gasteiger partial charge in [0.2, 0.25) is 22.9 Å². The number of phosphoric acid groups is 3. The largest absolute Gasteiger partial charge is 0.478 e. The van der Waals surface area contributed by atoms with Gasteiger partial charge in [0.25, 0.3) is 11.5 Å². The molecule has 8 N–H and O–H groups in total. The van der Waals surface area contributed by atoms with Gasteiger partial charge >= 0.3 is 35.1 Å². The Morgan fingerprint density at radius 2 is 1.35 bits per heavy atom. The number of aryl methyl sites for hydroxylation is 2. The van der Waals surface area contributed by atoms with Crippen LogP contribution >= 0.6 is 23.5 Å². The Labute approximate surface area is 834 Å². The van der Waals surface area contributed by atoms with E-state index in [0.29, 0.717) is 49.2 Å². The van der Waals surface area contributed by atoms with Crippen molar-refractivity contribution in [3.63, 3.8) is 0 Å². The molecule has 10 aliphatic rings. The van der Waals surface area contributed by atoms with E-state index < -0.39 is 108 Å². The van der Waals surface area contributed by atoms with Gasteiger partial charge in [-0.2, -0.15) is 4.58 Å². The highest BCUT2D eigenvalue weighted by atomic mass is 31.2. The van der Waals surface area contributed by atoms with Crippen LogP contribution in [0.5, 0.6) is 11.5 Å². The fourth-order valence-electron chi connectivity index (χ4n) is 21.6. The molecule has 36 heteroatoms. The van der Waals surface area contributed by atoms with Crippen LogP contribution in [-0.2, 0) is 108 Å². The maximum atomic E-state index is 14.2. The number of carbonyl (C=O) groups excluding carboxylic acids is 4. The van der Waals surface area contributed by atoms with E-state index in [-0.39, 0.29) is 125 Å². The molecule has 0 spiro atoms. The third-order valence-corrected chi connectivity index (χ3v) is 31.6. The minimum atomic E-state index is -5.31. The number of ether oxygens (including phenoxy) is 3. The molecule has 7 aromatic carbocycles. The molecule has 8 atom stereocenters. The summed E-state index contributed by atoms with van der Waals surface area (Å²) in [5.74, 6) is 5.01. The molecule has 8 aromatic rings. The van der Waals surface area contributed by atoms with Gasteiger partial charge in [0.05, 0.1) is 60.8 Å². The highest BCUT2D eigenvalue weighted by Gasteiger charge is 2.48. The number of aromatic amines is 1. The molecule has 3 unspecified atom stereocenters. The smallest absolute Gasteiger partial charge is 0.472 e. The summed E-state index contributed by atoms with van der Waals surface area (Å²) in [6.07, 6.45) is 15.0. The number of ketones is 1. The quantitative estimate of drug-likeness (QED) is 0.00440. The second-order valence-electron chi connectivity index (χ2n) is 38.8. The van der Waals surface area contributed by atoms with Gasteiger partial charge in [0, 0.05) is 188 Å². The second kappa shape index (κ2) is 44.3. The van der Waals surface area contributed by atoms with Crippen LogP contribution in [0.3, 0.4) is 0 Å². The van der Waals surface area contributed by atoms with Gasteiger partial charge in [-0.1, -0.05) is 117 Å². The van der Waals surface area contributed by atoms with Crippen LogP contribution in [0.4, 0.5) is 22.7 Å². The second-order valence-corrected chi connectivity index (χ2v) is 43.1. The predicted molar refractivity (Wildman–Crippen MR) is 541 cm³/mol. The van der Waals surface area contributed by atoms with Crippen LogP contribution in [0, 0.1) is 11.8 Å².